The van der Waals surface area contributed by atoms with Gasteiger partial charge in [-0.15, -0.1) is 0 Å². The van der Waals surface area contributed by atoms with Crippen molar-refractivity contribution in [2.24, 2.45) is 16.6 Å². The first-order valence-electron chi connectivity index (χ1n) is 7.06. The molecule has 2 rings (SSSR count). The van der Waals surface area contributed by atoms with E-state index in [-0.39, 0.29) is 6.04 Å². The number of nitrogens with two attached hydrogens (primary N) is 1. The van der Waals surface area contributed by atoms with Crippen molar-refractivity contribution in [1.29, 1.82) is 0 Å². The largest absolute Gasteiger partial charge is 0.387 e. The molecule has 0 aliphatic heterocycles. The van der Waals surface area contributed by atoms with Crippen LogP contribution in [0.25, 0.3) is 0 Å². The van der Waals surface area contributed by atoms with Crippen molar-refractivity contribution in [2.45, 2.75) is 52.0 Å². The van der Waals surface area contributed by atoms with Gasteiger partial charge in [-0.05, 0) is 32.3 Å². The van der Waals surface area contributed by atoms with E-state index in [1.807, 2.05) is 0 Å². The molecule has 98 valence electrons. The Labute approximate surface area is 110 Å². The Kier molecular flexibility index (Phi) is 4.40. The zero-order valence-corrected chi connectivity index (χ0v) is 11.5. The zero-order chi connectivity index (χ0) is 13.0. The first kappa shape index (κ1) is 13.1. The molecule has 0 bridgehead atoms. The van der Waals surface area contributed by atoms with Crippen LogP contribution in [0, 0.1) is 12.8 Å². The number of aryl methyl sites for hydroxylation is 1. The summed E-state index contributed by atoms with van der Waals surface area (Å²) in [6, 6.07) is 8.75. The van der Waals surface area contributed by atoms with Gasteiger partial charge in [-0.1, -0.05) is 49.1 Å². The highest BCUT2D eigenvalue weighted by Gasteiger charge is 2.17. The second kappa shape index (κ2) is 6.03. The lowest BCUT2D eigenvalue weighted by molar-refractivity contribution is 0.435. The van der Waals surface area contributed by atoms with E-state index in [9.17, 15) is 0 Å². The SMILES string of the molecule is Cc1ccc(C(C)N=C(N)C2CCCCC2)cc1. The lowest BCUT2D eigenvalue weighted by atomic mass is 9.88. The molecule has 1 unspecified atom stereocenters. The van der Waals surface area contributed by atoms with Crippen molar-refractivity contribution in [3.63, 3.8) is 0 Å². The summed E-state index contributed by atoms with van der Waals surface area (Å²) in [5.74, 6) is 1.38. The molecule has 0 spiro atoms. The molecule has 18 heavy (non-hydrogen) atoms. The van der Waals surface area contributed by atoms with Gasteiger partial charge in [-0.3, -0.25) is 4.99 Å². The van der Waals surface area contributed by atoms with E-state index in [0.29, 0.717) is 5.92 Å². The van der Waals surface area contributed by atoms with Gasteiger partial charge in [0.1, 0.15) is 0 Å². The molecule has 1 fully saturated rings. The molecule has 0 heterocycles. The Morgan fingerprint density at radius 2 is 1.78 bits per heavy atom. The highest BCUT2D eigenvalue weighted by atomic mass is 14.9. The quantitative estimate of drug-likeness (QED) is 0.633. The van der Waals surface area contributed by atoms with Crippen LogP contribution >= 0.6 is 0 Å². The molecule has 1 aromatic carbocycles. The fourth-order valence-electron chi connectivity index (χ4n) is 2.65. The van der Waals surface area contributed by atoms with E-state index in [4.69, 9.17) is 10.7 Å². The lowest BCUT2D eigenvalue weighted by Crippen LogP contribution is -2.26. The average molecular weight is 244 g/mol. The number of rotatable bonds is 3. The fraction of sp³-hybridized carbons (Fsp3) is 0.562. The topological polar surface area (TPSA) is 38.4 Å². The van der Waals surface area contributed by atoms with Crippen LogP contribution in [-0.2, 0) is 0 Å². The number of benzene rings is 1. The maximum Gasteiger partial charge on any atom is 0.0975 e. The maximum atomic E-state index is 6.17. The van der Waals surface area contributed by atoms with Crippen LogP contribution in [0.4, 0.5) is 0 Å². The fourth-order valence-corrected chi connectivity index (χ4v) is 2.65. The minimum atomic E-state index is 0.174. The molecular weight excluding hydrogens is 220 g/mol. The molecule has 1 atom stereocenters. The standard InChI is InChI=1S/C16H24N2/c1-12-8-10-14(11-9-12)13(2)18-16(17)15-6-4-3-5-7-15/h8-11,13,15H,3-7H2,1-2H3,(H2,17,18). The Hall–Kier alpha value is -1.31. The minimum Gasteiger partial charge on any atom is -0.387 e. The zero-order valence-electron chi connectivity index (χ0n) is 11.5. The molecule has 2 heteroatoms. The Balaban J connectivity index is 2.04. The summed E-state index contributed by atoms with van der Waals surface area (Å²) in [5, 5.41) is 0. The smallest absolute Gasteiger partial charge is 0.0975 e. The van der Waals surface area contributed by atoms with Crippen molar-refractivity contribution >= 4 is 5.84 Å². The van der Waals surface area contributed by atoms with Crippen LogP contribution < -0.4 is 5.73 Å². The lowest BCUT2D eigenvalue weighted by Gasteiger charge is -2.22. The summed E-state index contributed by atoms with van der Waals surface area (Å²) in [5.41, 5.74) is 8.70. The molecular formula is C16H24N2. The van der Waals surface area contributed by atoms with E-state index in [1.54, 1.807) is 0 Å². The van der Waals surface area contributed by atoms with Gasteiger partial charge in [-0.2, -0.15) is 0 Å². The Bertz CT molecular complexity index is 400. The first-order valence-corrected chi connectivity index (χ1v) is 7.06. The van der Waals surface area contributed by atoms with Gasteiger partial charge in [0.25, 0.3) is 0 Å². The number of aliphatic imine (C=N–C) groups is 1. The van der Waals surface area contributed by atoms with Crippen LogP contribution in [0.3, 0.4) is 0 Å². The molecule has 0 saturated heterocycles. The monoisotopic (exact) mass is 244 g/mol. The Morgan fingerprint density at radius 3 is 2.39 bits per heavy atom. The van der Waals surface area contributed by atoms with Crippen LogP contribution in [0.15, 0.2) is 29.3 Å². The van der Waals surface area contributed by atoms with Crippen molar-refractivity contribution in [3.05, 3.63) is 35.4 Å². The van der Waals surface area contributed by atoms with Gasteiger partial charge in [0.05, 0.1) is 11.9 Å². The predicted molar refractivity (Wildman–Crippen MR) is 77.8 cm³/mol. The van der Waals surface area contributed by atoms with E-state index < -0.39 is 0 Å². The van der Waals surface area contributed by atoms with Gasteiger partial charge < -0.3 is 5.73 Å². The molecule has 0 aromatic heterocycles. The van der Waals surface area contributed by atoms with Crippen molar-refractivity contribution in [2.75, 3.05) is 0 Å². The van der Waals surface area contributed by atoms with E-state index in [0.717, 1.165) is 5.84 Å². The van der Waals surface area contributed by atoms with Gasteiger partial charge in [0, 0.05) is 5.92 Å². The molecule has 1 saturated carbocycles. The molecule has 2 N–H and O–H groups in total. The van der Waals surface area contributed by atoms with E-state index in [1.165, 1.54) is 43.2 Å². The predicted octanol–water partition coefficient (Wildman–Crippen LogP) is 3.99. The van der Waals surface area contributed by atoms with E-state index in [2.05, 4.69) is 38.1 Å². The third kappa shape index (κ3) is 3.34. The summed E-state index contributed by atoms with van der Waals surface area (Å²) in [7, 11) is 0. The molecule has 1 aliphatic carbocycles. The summed E-state index contributed by atoms with van der Waals surface area (Å²) in [6.07, 6.45) is 6.41. The third-order valence-electron chi connectivity index (χ3n) is 3.93. The van der Waals surface area contributed by atoms with Gasteiger partial charge >= 0.3 is 0 Å². The average Bonchev–Trinajstić information content (AvgIpc) is 2.40. The summed E-state index contributed by atoms with van der Waals surface area (Å²) >= 11 is 0. The number of hydrogen-bond donors (Lipinski definition) is 1. The number of nitrogens with zero attached hydrogens (tertiary/aromatic N) is 1. The molecule has 1 aliphatic rings. The van der Waals surface area contributed by atoms with E-state index >= 15 is 0 Å². The maximum absolute atomic E-state index is 6.17. The van der Waals surface area contributed by atoms with Crippen LogP contribution in [0.2, 0.25) is 0 Å². The summed E-state index contributed by atoms with van der Waals surface area (Å²) < 4.78 is 0. The molecule has 1 aromatic rings. The van der Waals surface area contributed by atoms with Crippen molar-refractivity contribution in [3.8, 4) is 0 Å². The number of hydrogen-bond acceptors (Lipinski definition) is 1. The molecule has 0 radical (unpaired) electrons. The number of amidine groups is 1. The second-order valence-corrected chi connectivity index (χ2v) is 5.48. The first-order chi connectivity index (χ1) is 8.66. The minimum absolute atomic E-state index is 0.174. The summed E-state index contributed by atoms with van der Waals surface area (Å²) in [6.45, 7) is 4.23. The Morgan fingerprint density at radius 1 is 1.17 bits per heavy atom. The van der Waals surface area contributed by atoms with Crippen molar-refractivity contribution in [1.82, 2.24) is 0 Å². The van der Waals surface area contributed by atoms with Crippen LogP contribution in [0.5, 0.6) is 0 Å². The highest BCUT2D eigenvalue weighted by molar-refractivity contribution is 5.83. The van der Waals surface area contributed by atoms with Crippen LogP contribution in [-0.4, -0.2) is 5.84 Å². The van der Waals surface area contributed by atoms with Gasteiger partial charge in [-0.25, -0.2) is 0 Å². The molecule has 2 nitrogen and oxygen atoms in total. The van der Waals surface area contributed by atoms with Gasteiger partial charge in [0.2, 0.25) is 0 Å². The second-order valence-electron chi connectivity index (χ2n) is 5.48. The summed E-state index contributed by atoms with van der Waals surface area (Å²) in [4.78, 5) is 4.69. The molecule has 0 amide bonds. The normalized spacial score (nSPS) is 19.8. The third-order valence-corrected chi connectivity index (χ3v) is 3.93. The highest BCUT2D eigenvalue weighted by Crippen LogP contribution is 2.25. The van der Waals surface area contributed by atoms with Gasteiger partial charge in [0.15, 0.2) is 0 Å². The van der Waals surface area contributed by atoms with Crippen LogP contribution in [0.1, 0.15) is 56.2 Å². The van der Waals surface area contributed by atoms with Crippen molar-refractivity contribution < 1.29 is 0 Å².